The summed E-state index contributed by atoms with van der Waals surface area (Å²) in [6.07, 6.45) is 0.928. The molecule has 4 heteroatoms. The van der Waals surface area contributed by atoms with E-state index in [2.05, 4.69) is 11.0 Å². The van der Waals surface area contributed by atoms with Crippen molar-refractivity contribution < 1.29 is 9.53 Å². The van der Waals surface area contributed by atoms with Crippen LogP contribution in [0.25, 0.3) is 0 Å². The van der Waals surface area contributed by atoms with Crippen LogP contribution in [-0.4, -0.2) is 30.6 Å². The van der Waals surface area contributed by atoms with Gasteiger partial charge in [0.1, 0.15) is 6.04 Å². The summed E-state index contributed by atoms with van der Waals surface area (Å²) < 4.78 is 4.77. The van der Waals surface area contributed by atoms with Crippen molar-refractivity contribution in [3.63, 3.8) is 0 Å². The summed E-state index contributed by atoms with van der Waals surface area (Å²) in [4.78, 5) is 13.6. The van der Waals surface area contributed by atoms with Crippen LogP contribution in [0.15, 0.2) is 18.2 Å². The Kier molecular flexibility index (Phi) is 3.69. The van der Waals surface area contributed by atoms with Crippen LogP contribution in [0.1, 0.15) is 18.1 Å². The molecule has 0 aliphatic carbocycles. The van der Waals surface area contributed by atoms with E-state index in [-0.39, 0.29) is 12.0 Å². The zero-order valence-corrected chi connectivity index (χ0v) is 10.8. The summed E-state index contributed by atoms with van der Waals surface area (Å²) in [6, 6.07) is 5.75. The highest BCUT2D eigenvalue weighted by atomic mass is 35.5. The maximum absolute atomic E-state index is 11.5. The molecule has 0 spiro atoms. The van der Waals surface area contributed by atoms with Crippen molar-refractivity contribution in [1.29, 1.82) is 0 Å². The molecular formula is C13H16ClNO2. The predicted octanol–water partition coefficient (Wildman–Crippen LogP) is 2.26. The van der Waals surface area contributed by atoms with Gasteiger partial charge >= 0.3 is 5.97 Å². The first-order valence-corrected chi connectivity index (χ1v) is 6.09. The Balaban J connectivity index is 2.18. The van der Waals surface area contributed by atoms with Crippen molar-refractivity contribution in [1.82, 2.24) is 4.90 Å². The summed E-state index contributed by atoms with van der Waals surface area (Å²) in [5, 5.41) is 0.782. The molecule has 1 atom stereocenters. The zero-order valence-electron chi connectivity index (χ0n) is 10.1. The number of rotatable bonds is 2. The van der Waals surface area contributed by atoms with Crippen molar-refractivity contribution in [3.05, 3.63) is 34.3 Å². The number of hydrogen-bond donors (Lipinski definition) is 0. The third-order valence-corrected chi connectivity index (χ3v) is 3.69. The third-order valence-electron chi connectivity index (χ3n) is 3.34. The minimum atomic E-state index is -0.218. The number of ether oxygens (including phenoxy) is 1. The predicted molar refractivity (Wildman–Crippen MR) is 67.0 cm³/mol. The highest BCUT2D eigenvalue weighted by Crippen LogP contribution is 2.27. The Bertz CT molecular complexity index is 433. The van der Waals surface area contributed by atoms with Gasteiger partial charge in [0.05, 0.1) is 7.11 Å². The molecule has 0 bridgehead atoms. The highest BCUT2D eigenvalue weighted by molar-refractivity contribution is 6.31. The van der Waals surface area contributed by atoms with Gasteiger partial charge < -0.3 is 4.74 Å². The number of benzene rings is 1. The molecule has 1 aromatic carbocycles. The smallest absolute Gasteiger partial charge is 0.322 e. The molecule has 0 amide bonds. The fraction of sp³-hybridized carbons (Fsp3) is 0.462. The van der Waals surface area contributed by atoms with Gasteiger partial charge in [0.2, 0.25) is 0 Å². The Morgan fingerprint density at radius 3 is 3.00 bits per heavy atom. The van der Waals surface area contributed by atoms with Gasteiger partial charge in [-0.25, -0.2) is 0 Å². The molecule has 2 rings (SSSR count). The molecule has 0 saturated heterocycles. The molecule has 0 radical (unpaired) electrons. The van der Waals surface area contributed by atoms with E-state index >= 15 is 0 Å². The van der Waals surface area contributed by atoms with Crippen LogP contribution in [0.5, 0.6) is 0 Å². The van der Waals surface area contributed by atoms with Crippen molar-refractivity contribution in [2.75, 3.05) is 13.7 Å². The van der Waals surface area contributed by atoms with E-state index in [0.29, 0.717) is 6.54 Å². The average molecular weight is 254 g/mol. The lowest BCUT2D eigenvalue weighted by molar-refractivity contribution is -0.146. The van der Waals surface area contributed by atoms with E-state index in [0.717, 1.165) is 23.6 Å². The minimum absolute atomic E-state index is 0.194. The zero-order chi connectivity index (χ0) is 12.4. The largest absolute Gasteiger partial charge is 0.468 e. The van der Waals surface area contributed by atoms with Crippen molar-refractivity contribution in [2.45, 2.75) is 25.9 Å². The summed E-state index contributed by atoms with van der Waals surface area (Å²) in [7, 11) is 1.42. The number of esters is 1. The van der Waals surface area contributed by atoms with E-state index in [1.54, 1.807) is 0 Å². The van der Waals surface area contributed by atoms with E-state index in [4.69, 9.17) is 16.3 Å². The van der Waals surface area contributed by atoms with Crippen molar-refractivity contribution >= 4 is 17.6 Å². The lowest BCUT2D eigenvalue weighted by Crippen LogP contribution is -2.42. The maximum atomic E-state index is 11.5. The summed E-state index contributed by atoms with van der Waals surface area (Å²) in [5.41, 5.74) is 2.42. The van der Waals surface area contributed by atoms with Crippen LogP contribution in [0.2, 0.25) is 5.02 Å². The van der Waals surface area contributed by atoms with Gasteiger partial charge in [-0.05, 0) is 30.5 Å². The standard InChI is InChI=1S/C13H16ClNO2/c1-9(13(16)17-2)15-7-6-10-4-3-5-12(14)11(10)8-15/h3-5,9H,6-8H2,1-2H3. The van der Waals surface area contributed by atoms with Gasteiger partial charge in [-0.3, -0.25) is 9.69 Å². The number of nitrogens with zero attached hydrogens (tertiary/aromatic N) is 1. The first-order chi connectivity index (χ1) is 8.13. The monoisotopic (exact) mass is 253 g/mol. The lowest BCUT2D eigenvalue weighted by atomic mass is 9.98. The Hall–Kier alpha value is -1.06. The summed E-state index contributed by atoms with van der Waals surface area (Å²) in [5.74, 6) is -0.194. The molecule has 1 aromatic rings. The molecule has 0 aromatic heterocycles. The molecule has 0 N–H and O–H groups in total. The fourth-order valence-electron chi connectivity index (χ4n) is 2.21. The number of hydrogen-bond acceptors (Lipinski definition) is 3. The second-order valence-corrected chi connectivity index (χ2v) is 4.70. The normalized spacial score (nSPS) is 17.4. The molecule has 3 nitrogen and oxygen atoms in total. The van der Waals surface area contributed by atoms with Crippen LogP contribution in [0.4, 0.5) is 0 Å². The molecule has 0 fully saturated rings. The molecule has 92 valence electrons. The number of methoxy groups -OCH3 is 1. The van der Waals surface area contributed by atoms with Gasteiger partial charge in [-0.15, -0.1) is 0 Å². The highest BCUT2D eigenvalue weighted by Gasteiger charge is 2.26. The van der Waals surface area contributed by atoms with Gasteiger partial charge in [-0.1, -0.05) is 23.7 Å². The van der Waals surface area contributed by atoms with Crippen LogP contribution < -0.4 is 0 Å². The fourth-order valence-corrected chi connectivity index (χ4v) is 2.46. The second kappa shape index (κ2) is 5.07. The molecular weight excluding hydrogens is 238 g/mol. The SMILES string of the molecule is COC(=O)C(C)N1CCc2cccc(Cl)c2C1. The summed E-state index contributed by atoms with van der Waals surface area (Å²) in [6.45, 7) is 3.45. The molecule has 1 aliphatic rings. The Morgan fingerprint density at radius 2 is 2.29 bits per heavy atom. The molecule has 17 heavy (non-hydrogen) atoms. The topological polar surface area (TPSA) is 29.5 Å². The first-order valence-electron chi connectivity index (χ1n) is 5.71. The van der Waals surface area contributed by atoms with E-state index in [1.807, 2.05) is 19.1 Å². The van der Waals surface area contributed by atoms with Gasteiger partial charge in [-0.2, -0.15) is 0 Å². The average Bonchev–Trinajstić information content (AvgIpc) is 2.37. The Morgan fingerprint density at radius 1 is 1.53 bits per heavy atom. The molecule has 1 aliphatic heterocycles. The van der Waals surface area contributed by atoms with E-state index < -0.39 is 0 Å². The van der Waals surface area contributed by atoms with Crippen LogP contribution in [-0.2, 0) is 22.5 Å². The van der Waals surface area contributed by atoms with Crippen molar-refractivity contribution in [3.8, 4) is 0 Å². The van der Waals surface area contributed by atoms with E-state index in [9.17, 15) is 4.79 Å². The third kappa shape index (κ3) is 2.45. The van der Waals surface area contributed by atoms with Gasteiger partial charge in [0, 0.05) is 18.1 Å². The Labute approximate surface area is 106 Å². The van der Waals surface area contributed by atoms with Gasteiger partial charge in [0.25, 0.3) is 0 Å². The number of carbonyl (C=O) groups excluding carboxylic acids is 1. The van der Waals surface area contributed by atoms with Crippen LogP contribution in [0.3, 0.4) is 0 Å². The minimum Gasteiger partial charge on any atom is -0.468 e. The summed E-state index contributed by atoms with van der Waals surface area (Å²) >= 11 is 6.18. The van der Waals surface area contributed by atoms with Crippen LogP contribution >= 0.6 is 11.6 Å². The lowest BCUT2D eigenvalue weighted by Gasteiger charge is -2.32. The van der Waals surface area contributed by atoms with Crippen LogP contribution in [0, 0.1) is 0 Å². The number of halogens is 1. The number of fused-ring (bicyclic) bond motifs is 1. The quantitative estimate of drug-likeness (QED) is 0.758. The number of carbonyl (C=O) groups is 1. The van der Waals surface area contributed by atoms with Crippen molar-refractivity contribution in [2.24, 2.45) is 0 Å². The second-order valence-electron chi connectivity index (χ2n) is 4.30. The maximum Gasteiger partial charge on any atom is 0.322 e. The molecule has 1 heterocycles. The first kappa shape index (κ1) is 12.4. The molecule has 0 saturated carbocycles. The molecule has 1 unspecified atom stereocenters. The van der Waals surface area contributed by atoms with E-state index in [1.165, 1.54) is 12.7 Å². The van der Waals surface area contributed by atoms with Gasteiger partial charge in [0.15, 0.2) is 0 Å².